The number of aromatic nitrogens is 2. The third-order valence-electron chi connectivity index (χ3n) is 6.35. The lowest BCUT2D eigenvalue weighted by Crippen LogP contribution is -2.44. The number of hydrogen-bond donors (Lipinski definition) is 2. The van der Waals surface area contributed by atoms with Gasteiger partial charge in [-0.2, -0.15) is 0 Å². The van der Waals surface area contributed by atoms with Crippen LogP contribution in [-0.4, -0.2) is 38.7 Å². The fraction of sp³-hybridized carbons (Fsp3) is 0.381. The molecule has 3 amide bonds. The SMILES string of the molecule is CCn1c(NNC(=O)CN2C(=O)[C@H]3[C@H](C2=O)[C@H]2C=C[C@H]3C2)nc2ccccc2c1=O. The van der Waals surface area contributed by atoms with E-state index in [0.717, 1.165) is 11.3 Å². The van der Waals surface area contributed by atoms with Gasteiger partial charge >= 0.3 is 0 Å². The molecule has 1 aliphatic heterocycles. The van der Waals surface area contributed by atoms with Gasteiger partial charge in [-0.1, -0.05) is 24.3 Å². The van der Waals surface area contributed by atoms with Gasteiger partial charge in [-0.3, -0.25) is 39.5 Å². The number of hydrogen-bond acceptors (Lipinski definition) is 6. The first-order valence-electron chi connectivity index (χ1n) is 10.1. The number of likely N-dealkylation sites (tertiary alicyclic amines) is 1. The van der Waals surface area contributed by atoms with Crippen LogP contribution < -0.4 is 16.4 Å². The number of carbonyl (C=O) groups excluding carboxylic acids is 3. The van der Waals surface area contributed by atoms with Crippen LogP contribution in [0.2, 0.25) is 0 Å². The van der Waals surface area contributed by atoms with E-state index in [2.05, 4.69) is 15.8 Å². The second-order valence-corrected chi connectivity index (χ2v) is 7.94. The van der Waals surface area contributed by atoms with Gasteiger partial charge in [0.05, 0.1) is 22.7 Å². The highest BCUT2D eigenvalue weighted by Gasteiger charge is 2.59. The molecule has 2 fully saturated rings. The largest absolute Gasteiger partial charge is 0.277 e. The number of nitrogens with zero attached hydrogens (tertiary/aromatic N) is 3. The van der Waals surface area contributed by atoms with Gasteiger partial charge in [-0.25, -0.2) is 4.98 Å². The number of rotatable bonds is 5. The summed E-state index contributed by atoms with van der Waals surface area (Å²) in [5.41, 5.74) is 5.42. The smallest absolute Gasteiger partial charge is 0.262 e. The van der Waals surface area contributed by atoms with Crippen LogP contribution in [0.15, 0.2) is 41.2 Å². The first-order valence-corrected chi connectivity index (χ1v) is 10.1. The molecule has 1 aromatic heterocycles. The van der Waals surface area contributed by atoms with E-state index >= 15 is 0 Å². The molecule has 5 rings (SSSR count). The standard InChI is InChI=1S/C21H21N5O4/c1-2-25-18(28)13-5-3-4-6-14(13)22-21(25)24-23-15(27)10-26-19(29)16-11-7-8-12(9-11)17(16)20(26)30/h3-8,11-12,16-17H,2,9-10H2,1H3,(H,22,24)(H,23,27)/t11-,12-,16+,17+/m0/s1. The van der Waals surface area contributed by atoms with Gasteiger partial charge in [0.15, 0.2) is 0 Å². The van der Waals surface area contributed by atoms with Crippen LogP contribution in [0.4, 0.5) is 5.95 Å². The van der Waals surface area contributed by atoms with Crippen LogP contribution in [-0.2, 0) is 20.9 Å². The Morgan fingerprint density at radius 1 is 1.10 bits per heavy atom. The normalized spacial score (nSPS) is 26.5. The highest BCUT2D eigenvalue weighted by atomic mass is 16.2. The Labute approximate surface area is 171 Å². The minimum atomic E-state index is -0.554. The third-order valence-corrected chi connectivity index (χ3v) is 6.35. The Kier molecular flexibility index (Phi) is 4.19. The predicted octanol–water partition coefficient (Wildman–Crippen LogP) is 0.667. The number of carbonyl (C=O) groups is 3. The first kappa shape index (κ1) is 18.5. The van der Waals surface area contributed by atoms with E-state index in [4.69, 9.17) is 0 Å². The van der Waals surface area contributed by atoms with Crippen LogP contribution >= 0.6 is 0 Å². The Morgan fingerprint density at radius 2 is 1.77 bits per heavy atom. The third kappa shape index (κ3) is 2.65. The highest BCUT2D eigenvalue weighted by Crippen LogP contribution is 2.52. The Balaban J connectivity index is 1.30. The molecule has 2 aromatic rings. The van der Waals surface area contributed by atoms with E-state index in [-0.39, 0.29) is 53.5 Å². The van der Waals surface area contributed by atoms with E-state index in [1.165, 1.54) is 4.57 Å². The van der Waals surface area contributed by atoms with Crippen molar-refractivity contribution in [3.05, 3.63) is 46.8 Å². The van der Waals surface area contributed by atoms with Crippen molar-refractivity contribution in [1.82, 2.24) is 19.9 Å². The summed E-state index contributed by atoms with van der Waals surface area (Å²) in [4.78, 5) is 55.9. The molecule has 9 nitrogen and oxygen atoms in total. The minimum Gasteiger partial charge on any atom is -0.277 e. The lowest BCUT2D eigenvalue weighted by molar-refractivity contribution is -0.144. The van der Waals surface area contributed by atoms with Gasteiger partial charge in [0.2, 0.25) is 17.8 Å². The van der Waals surface area contributed by atoms with E-state index in [1.807, 2.05) is 12.2 Å². The van der Waals surface area contributed by atoms with Gasteiger partial charge in [0, 0.05) is 6.54 Å². The van der Waals surface area contributed by atoms with E-state index in [1.54, 1.807) is 31.2 Å². The number of amides is 3. The average molecular weight is 407 g/mol. The molecule has 0 radical (unpaired) electrons. The molecule has 1 aromatic carbocycles. The van der Waals surface area contributed by atoms with Crippen molar-refractivity contribution in [3.63, 3.8) is 0 Å². The highest BCUT2D eigenvalue weighted by molar-refractivity contribution is 6.08. The van der Waals surface area contributed by atoms with Crippen LogP contribution in [0.3, 0.4) is 0 Å². The van der Waals surface area contributed by atoms with Crippen molar-refractivity contribution in [1.29, 1.82) is 0 Å². The molecular formula is C21H21N5O4. The quantitative estimate of drug-likeness (QED) is 0.428. The molecule has 0 spiro atoms. The predicted molar refractivity (Wildman–Crippen MR) is 108 cm³/mol. The summed E-state index contributed by atoms with van der Waals surface area (Å²) in [6.07, 6.45) is 4.87. The number of para-hydroxylation sites is 1. The summed E-state index contributed by atoms with van der Waals surface area (Å²) in [5, 5.41) is 0.485. The van der Waals surface area contributed by atoms with Crippen molar-refractivity contribution in [3.8, 4) is 0 Å². The van der Waals surface area contributed by atoms with Crippen molar-refractivity contribution >= 4 is 34.6 Å². The van der Waals surface area contributed by atoms with Gasteiger partial charge in [-0.05, 0) is 37.3 Å². The van der Waals surface area contributed by atoms with Crippen molar-refractivity contribution in [2.24, 2.45) is 23.7 Å². The van der Waals surface area contributed by atoms with E-state index < -0.39 is 5.91 Å². The van der Waals surface area contributed by atoms with E-state index in [0.29, 0.717) is 17.4 Å². The molecule has 2 N–H and O–H groups in total. The molecule has 1 saturated carbocycles. The number of hydrazine groups is 1. The zero-order chi connectivity index (χ0) is 21.0. The van der Waals surface area contributed by atoms with Gasteiger partial charge in [-0.15, -0.1) is 0 Å². The van der Waals surface area contributed by atoms with Crippen molar-refractivity contribution < 1.29 is 14.4 Å². The maximum Gasteiger partial charge on any atom is 0.262 e. The second kappa shape index (κ2) is 6.79. The van der Waals surface area contributed by atoms with E-state index in [9.17, 15) is 19.2 Å². The van der Waals surface area contributed by atoms with Gasteiger partial charge in [0.25, 0.3) is 11.5 Å². The minimum absolute atomic E-state index is 0.100. The second-order valence-electron chi connectivity index (χ2n) is 7.94. The van der Waals surface area contributed by atoms with Crippen LogP contribution in [0.25, 0.3) is 10.9 Å². The molecule has 3 aliphatic rings. The lowest BCUT2D eigenvalue weighted by Gasteiger charge is -2.18. The fourth-order valence-electron chi connectivity index (χ4n) is 4.99. The molecule has 9 heteroatoms. The number of anilines is 1. The summed E-state index contributed by atoms with van der Waals surface area (Å²) < 4.78 is 1.41. The molecule has 30 heavy (non-hydrogen) atoms. The van der Waals surface area contributed by atoms with Crippen LogP contribution in [0, 0.1) is 23.7 Å². The zero-order valence-electron chi connectivity index (χ0n) is 16.4. The fourth-order valence-corrected chi connectivity index (χ4v) is 4.99. The van der Waals surface area contributed by atoms with Crippen molar-refractivity contribution in [2.45, 2.75) is 19.9 Å². The molecule has 2 bridgehead atoms. The topological polar surface area (TPSA) is 113 Å². The molecule has 2 aliphatic carbocycles. The van der Waals surface area contributed by atoms with Crippen LogP contribution in [0.5, 0.6) is 0 Å². The molecular weight excluding hydrogens is 386 g/mol. The lowest BCUT2D eigenvalue weighted by atomic mass is 9.85. The number of benzene rings is 1. The number of fused-ring (bicyclic) bond motifs is 6. The molecule has 4 atom stereocenters. The summed E-state index contributed by atoms with van der Waals surface area (Å²) in [6, 6.07) is 6.95. The maximum absolute atomic E-state index is 12.7. The molecule has 154 valence electrons. The zero-order valence-corrected chi connectivity index (χ0v) is 16.4. The summed E-state index contributed by atoms with van der Waals surface area (Å²) in [7, 11) is 0. The summed E-state index contributed by atoms with van der Waals surface area (Å²) >= 11 is 0. The van der Waals surface area contributed by atoms with Gasteiger partial charge in [0.1, 0.15) is 6.54 Å². The average Bonchev–Trinajstić information content (AvgIpc) is 3.42. The van der Waals surface area contributed by atoms with Crippen molar-refractivity contribution in [2.75, 3.05) is 12.0 Å². The Bertz CT molecular complexity index is 1140. The Morgan fingerprint density at radius 3 is 2.43 bits per heavy atom. The van der Waals surface area contributed by atoms with Gasteiger partial charge < -0.3 is 0 Å². The number of allylic oxidation sites excluding steroid dienone is 2. The number of imide groups is 1. The molecule has 1 saturated heterocycles. The summed E-state index contributed by atoms with van der Waals surface area (Å²) in [6.45, 7) is 1.80. The monoisotopic (exact) mass is 407 g/mol. The molecule has 0 unspecified atom stereocenters. The summed E-state index contributed by atoms with van der Waals surface area (Å²) in [5.74, 6) is -1.37. The Hall–Kier alpha value is -3.49. The maximum atomic E-state index is 12.7. The van der Waals surface area contributed by atoms with Crippen LogP contribution in [0.1, 0.15) is 13.3 Å². The molecule has 2 heterocycles. The first-order chi connectivity index (χ1) is 14.5. The number of nitrogens with one attached hydrogen (secondary N) is 2.